The van der Waals surface area contributed by atoms with Crippen LogP contribution >= 0.6 is 0 Å². The average molecular weight is 404 g/mol. The van der Waals surface area contributed by atoms with Gasteiger partial charge in [0.15, 0.2) is 0 Å². The molecule has 3 N–H and O–H groups in total. The van der Waals surface area contributed by atoms with Crippen LogP contribution in [0, 0.1) is 0 Å². The van der Waals surface area contributed by atoms with Crippen molar-refractivity contribution in [2.45, 2.75) is 64.7 Å². The number of carboxylic acid groups (broad SMARTS) is 2. The monoisotopic (exact) mass is 403 g/mol. The van der Waals surface area contributed by atoms with Crippen LogP contribution in [0.4, 0.5) is 0 Å². The van der Waals surface area contributed by atoms with Crippen molar-refractivity contribution in [1.29, 1.82) is 0 Å². The van der Waals surface area contributed by atoms with Crippen molar-refractivity contribution in [2.75, 3.05) is 39.3 Å². The summed E-state index contributed by atoms with van der Waals surface area (Å²) in [5, 5.41) is 16.9. The van der Waals surface area contributed by atoms with E-state index >= 15 is 0 Å². The van der Waals surface area contributed by atoms with Crippen molar-refractivity contribution in [3.05, 3.63) is 0 Å². The molecule has 2 atom stereocenters. The molecule has 164 valence electrons. The highest BCUT2D eigenvalue weighted by Gasteiger charge is 2.29. The van der Waals surface area contributed by atoms with Gasteiger partial charge in [0.2, 0.25) is 5.91 Å². The van der Waals surface area contributed by atoms with Crippen LogP contribution < -0.4 is 5.32 Å². The fourth-order valence-corrected chi connectivity index (χ4v) is 3.56. The van der Waals surface area contributed by atoms with Gasteiger partial charge in [-0.2, -0.15) is 0 Å². The maximum atomic E-state index is 12.1. The quantitative estimate of drug-likeness (QED) is 0.559. The summed E-state index contributed by atoms with van der Waals surface area (Å²) in [7, 11) is 0. The van der Waals surface area contributed by atoms with Crippen LogP contribution in [0.1, 0.15) is 47.0 Å². The molecule has 0 unspecified atom stereocenters. The lowest BCUT2D eigenvalue weighted by atomic mass is 10.0. The van der Waals surface area contributed by atoms with Crippen molar-refractivity contribution in [3.63, 3.8) is 0 Å². The fraction of sp³-hybridized carbons (Fsp3) is 0.842. The number of nitrogens with zero attached hydrogens (tertiary/aromatic N) is 2. The first-order valence-corrected chi connectivity index (χ1v) is 9.75. The first-order chi connectivity index (χ1) is 13.2. The lowest BCUT2D eigenvalue weighted by Crippen LogP contribution is -2.51. The number of carbonyl (C=O) groups excluding carboxylic acids is 1. The predicted octanol–water partition coefficient (Wildman–Crippen LogP) is 0.878. The van der Waals surface area contributed by atoms with E-state index in [0.717, 1.165) is 39.3 Å². The highest BCUT2D eigenvalue weighted by Crippen LogP contribution is 2.20. The van der Waals surface area contributed by atoms with E-state index in [9.17, 15) is 4.79 Å². The smallest absolute Gasteiger partial charge is 0.290 e. The molecule has 2 rings (SSSR count). The zero-order valence-corrected chi connectivity index (χ0v) is 17.6. The van der Waals surface area contributed by atoms with Gasteiger partial charge in [-0.05, 0) is 53.6 Å². The zero-order valence-electron chi connectivity index (χ0n) is 17.6. The summed E-state index contributed by atoms with van der Waals surface area (Å²) < 4.78 is 5.72. The maximum absolute atomic E-state index is 12.1. The van der Waals surface area contributed by atoms with Crippen LogP contribution in [0.2, 0.25) is 0 Å². The Morgan fingerprint density at radius 3 is 2.04 bits per heavy atom. The van der Waals surface area contributed by atoms with Gasteiger partial charge in [0.1, 0.15) is 0 Å². The summed E-state index contributed by atoms with van der Waals surface area (Å²) in [5.41, 5.74) is 0.0636. The zero-order chi connectivity index (χ0) is 21.6. The molecule has 2 fully saturated rings. The summed E-state index contributed by atoms with van der Waals surface area (Å²) in [4.78, 5) is 33.7. The van der Waals surface area contributed by atoms with Crippen molar-refractivity contribution >= 4 is 18.9 Å². The molecule has 0 aromatic carbocycles. The van der Waals surface area contributed by atoms with Crippen LogP contribution in [0.3, 0.4) is 0 Å². The fourth-order valence-electron chi connectivity index (χ4n) is 3.56. The van der Waals surface area contributed by atoms with E-state index < -0.39 is 0 Å². The average Bonchev–Trinajstić information content (AvgIpc) is 3.14. The van der Waals surface area contributed by atoms with Gasteiger partial charge in [0.25, 0.3) is 12.9 Å². The Bertz CT molecular complexity index is 439. The van der Waals surface area contributed by atoms with Gasteiger partial charge in [-0.15, -0.1) is 0 Å². The Balaban J connectivity index is 0.00000108. The molecule has 0 radical (unpaired) electrons. The molecule has 9 heteroatoms. The third-order valence-electron chi connectivity index (χ3n) is 4.83. The van der Waals surface area contributed by atoms with Gasteiger partial charge >= 0.3 is 0 Å². The Morgan fingerprint density at radius 2 is 1.57 bits per heavy atom. The van der Waals surface area contributed by atoms with Crippen LogP contribution in [0.5, 0.6) is 0 Å². The van der Waals surface area contributed by atoms with Gasteiger partial charge in [0, 0.05) is 38.1 Å². The predicted molar refractivity (Wildman–Crippen MR) is 106 cm³/mol. The van der Waals surface area contributed by atoms with E-state index in [0.29, 0.717) is 6.42 Å². The second-order valence-electron chi connectivity index (χ2n) is 7.76. The third-order valence-corrected chi connectivity index (χ3v) is 4.83. The van der Waals surface area contributed by atoms with Crippen molar-refractivity contribution in [2.24, 2.45) is 0 Å². The first kappa shape index (κ1) is 26.3. The highest BCUT2D eigenvalue weighted by atomic mass is 16.5. The van der Waals surface area contributed by atoms with E-state index in [4.69, 9.17) is 24.5 Å². The second kappa shape index (κ2) is 14.3. The first-order valence-electron chi connectivity index (χ1n) is 9.75. The van der Waals surface area contributed by atoms with Crippen molar-refractivity contribution in [3.8, 4) is 0 Å². The summed E-state index contributed by atoms with van der Waals surface area (Å²) in [6.45, 7) is 13.9. The maximum Gasteiger partial charge on any atom is 0.290 e. The van der Waals surface area contributed by atoms with E-state index in [1.165, 1.54) is 12.8 Å². The number of carbonyl (C=O) groups is 3. The van der Waals surface area contributed by atoms with Gasteiger partial charge in [-0.25, -0.2) is 0 Å². The Labute approximate surface area is 168 Å². The van der Waals surface area contributed by atoms with E-state index in [-0.39, 0.29) is 36.6 Å². The SMILES string of the molecule is C[C@@H]1CN(CCC(=O)NCC(C)(C)N2CCCC2)C[C@H](C)O1.O=CO.O=CO. The van der Waals surface area contributed by atoms with Crippen molar-refractivity contribution in [1.82, 2.24) is 15.1 Å². The Hall–Kier alpha value is -1.71. The molecular formula is C19H37N3O6. The normalized spacial score (nSPS) is 22.9. The van der Waals surface area contributed by atoms with Gasteiger partial charge in [-0.3, -0.25) is 24.2 Å². The molecule has 0 aliphatic carbocycles. The number of hydrogen-bond acceptors (Lipinski definition) is 6. The second-order valence-corrected chi connectivity index (χ2v) is 7.76. The minimum Gasteiger partial charge on any atom is -0.483 e. The number of nitrogens with one attached hydrogen (secondary N) is 1. The summed E-state index contributed by atoms with van der Waals surface area (Å²) in [6, 6.07) is 0. The topological polar surface area (TPSA) is 119 Å². The molecule has 0 aromatic rings. The van der Waals surface area contributed by atoms with Crippen LogP contribution in [-0.2, 0) is 19.1 Å². The molecule has 28 heavy (non-hydrogen) atoms. The molecule has 0 spiro atoms. The number of rotatable bonds is 6. The molecule has 2 aliphatic rings. The van der Waals surface area contributed by atoms with Crippen LogP contribution in [-0.4, -0.2) is 95.9 Å². The molecule has 2 aliphatic heterocycles. The summed E-state index contributed by atoms with van der Waals surface area (Å²) >= 11 is 0. The Kier molecular flexibility index (Phi) is 13.4. The Morgan fingerprint density at radius 1 is 1.11 bits per heavy atom. The molecule has 0 bridgehead atoms. The van der Waals surface area contributed by atoms with E-state index in [1.807, 2.05) is 0 Å². The molecule has 1 amide bonds. The summed E-state index contributed by atoms with van der Waals surface area (Å²) in [6.07, 6.45) is 3.67. The molecule has 0 saturated carbocycles. The number of morpholine rings is 1. The van der Waals surface area contributed by atoms with Gasteiger partial charge in [0.05, 0.1) is 12.2 Å². The van der Waals surface area contributed by atoms with Crippen LogP contribution in [0.15, 0.2) is 0 Å². The lowest BCUT2D eigenvalue weighted by molar-refractivity contribution is -0.123. The summed E-state index contributed by atoms with van der Waals surface area (Å²) in [5.74, 6) is 0.166. The molecule has 0 aromatic heterocycles. The molecule has 2 saturated heterocycles. The van der Waals surface area contributed by atoms with E-state index in [2.05, 4.69) is 42.8 Å². The van der Waals surface area contributed by atoms with Gasteiger partial charge < -0.3 is 20.3 Å². The minimum absolute atomic E-state index is 0.0636. The molecule has 9 nitrogen and oxygen atoms in total. The largest absolute Gasteiger partial charge is 0.483 e. The number of hydrogen-bond donors (Lipinski definition) is 3. The highest BCUT2D eigenvalue weighted by molar-refractivity contribution is 5.76. The van der Waals surface area contributed by atoms with Crippen molar-refractivity contribution < 1.29 is 29.3 Å². The lowest BCUT2D eigenvalue weighted by Gasteiger charge is -2.36. The molecule has 2 heterocycles. The standard InChI is InChI=1S/C17H33N3O2.2CH2O2/c1-14-11-19(12-15(2)22-14)10-7-16(21)18-13-17(3,4)20-8-5-6-9-20;2*2-1-3/h14-15H,5-13H2,1-4H3,(H,18,21);2*1H,(H,2,3)/t14-,15+;;. The van der Waals surface area contributed by atoms with Gasteiger partial charge in [-0.1, -0.05) is 0 Å². The number of ether oxygens (including phenoxy) is 1. The minimum atomic E-state index is -0.250. The number of amides is 1. The molecular weight excluding hydrogens is 366 g/mol. The van der Waals surface area contributed by atoms with Crippen LogP contribution in [0.25, 0.3) is 0 Å². The van der Waals surface area contributed by atoms with E-state index in [1.54, 1.807) is 0 Å². The number of likely N-dealkylation sites (tertiary alicyclic amines) is 1. The third kappa shape index (κ3) is 11.2.